The summed E-state index contributed by atoms with van der Waals surface area (Å²) in [6.45, 7) is 2.18. The van der Waals surface area contributed by atoms with E-state index < -0.39 is 5.97 Å². The molecule has 0 aromatic carbocycles. The Morgan fingerprint density at radius 2 is 2.00 bits per heavy atom. The second-order valence-corrected chi connectivity index (χ2v) is 7.47. The van der Waals surface area contributed by atoms with Gasteiger partial charge in [-0.05, 0) is 44.4 Å². The van der Waals surface area contributed by atoms with Gasteiger partial charge in [0, 0.05) is 12.3 Å². The molecule has 2 heterocycles. The summed E-state index contributed by atoms with van der Waals surface area (Å²) in [5.74, 6) is 0.175. The summed E-state index contributed by atoms with van der Waals surface area (Å²) < 4.78 is 6.09. The lowest BCUT2D eigenvalue weighted by Crippen LogP contribution is -2.25. The minimum atomic E-state index is -0.724. The number of aliphatic carboxylic acids is 1. The number of ether oxygens (including phenoxy) is 1. The maximum absolute atomic E-state index is 10.5. The van der Waals surface area contributed by atoms with Gasteiger partial charge in [0.1, 0.15) is 0 Å². The van der Waals surface area contributed by atoms with Crippen molar-refractivity contribution in [2.24, 2.45) is 11.8 Å². The van der Waals surface area contributed by atoms with Crippen LogP contribution >= 0.6 is 0 Å². The number of fused-ring (bicyclic) bond motifs is 2. The smallest absolute Gasteiger partial charge is 0.303 e. The van der Waals surface area contributed by atoms with Crippen LogP contribution in [0.3, 0.4) is 0 Å². The Balaban J connectivity index is 1.78. The second kappa shape index (κ2) is 10.8. The molecule has 0 aliphatic carbocycles. The predicted octanol–water partition coefficient (Wildman–Crippen LogP) is 4.48. The van der Waals surface area contributed by atoms with Gasteiger partial charge in [-0.2, -0.15) is 0 Å². The molecule has 0 aromatic rings. The minimum Gasteiger partial charge on any atom is -0.481 e. The number of hydrogen-bond donors (Lipinski definition) is 2. The van der Waals surface area contributed by atoms with Crippen molar-refractivity contribution in [1.29, 1.82) is 0 Å². The van der Waals surface area contributed by atoms with Crippen LogP contribution < -0.4 is 0 Å². The fourth-order valence-corrected chi connectivity index (χ4v) is 4.09. The third kappa shape index (κ3) is 6.59. The Kier molecular flexibility index (Phi) is 8.70. The van der Waals surface area contributed by atoms with Crippen molar-refractivity contribution < 1.29 is 19.7 Å². The average molecular weight is 350 g/mol. The van der Waals surface area contributed by atoms with Crippen LogP contribution in [0.1, 0.15) is 71.1 Å². The van der Waals surface area contributed by atoms with E-state index in [1.807, 2.05) is 6.08 Å². The van der Waals surface area contributed by atoms with Gasteiger partial charge in [-0.15, -0.1) is 0 Å². The standard InChI is InChI=1S/C21H34O4/c1-2-3-6-9-16(22)12-13-18-17(19-14-15-20(18)25-19)10-7-4-5-8-11-21(23)24/h4,7,12-13,16-20,22H,2-3,5-6,8-11,14-15H2,1H3,(H,23,24)/b7-4-,13-12+/t16-,17+,18+,19?,20?/m1/s1. The lowest BCUT2D eigenvalue weighted by Gasteiger charge is -2.25. The fraction of sp³-hybridized carbons (Fsp3) is 0.762. The molecule has 0 amide bonds. The molecule has 142 valence electrons. The highest BCUT2D eigenvalue weighted by molar-refractivity contribution is 5.66. The summed E-state index contributed by atoms with van der Waals surface area (Å²) in [4.78, 5) is 10.5. The molecule has 4 heteroatoms. The number of unbranched alkanes of at least 4 members (excludes halogenated alkanes) is 3. The van der Waals surface area contributed by atoms with Crippen LogP contribution in [0.5, 0.6) is 0 Å². The summed E-state index contributed by atoms with van der Waals surface area (Å²) >= 11 is 0. The van der Waals surface area contributed by atoms with E-state index in [0.717, 1.165) is 38.5 Å². The number of aliphatic hydroxyl groups is 1. The normalized spacial score (nSPS) is 29.8. The van der Waals surface area contributed by atoms with Crippen molar-refractivity contribution in [2.45, 2.75) is 89.4 Å². The highest BCUT2D eigenvalue weighted by atomic mass is 16.5. The van der Waals surface area contributed by atoms with Gasteiger partial charge < -0.3 is 14.9 Å². The Morgan fingerprint density at radius 3 is 2.76 bits per heavy atom. The van der Waals surface area contributed by atoms with E-state index in [1.165, 1.54) is 12.8 Å². The molecule has 5 atom stereocenters. The lowest BCUT2D eigenvalue weighted by atomic mass is 9.77. The van der Waals surface area contributed by atoms with Crippen LogP contribution in [0, 0.1) is 11.8 Å². The van der Waals surface area contributed by atoms with Crippen molar-refractivity contribution in [2.75, 3.05) is 0 Å². The number of carboxylic acids is 1. The molecule has 0 spiro atoms. The molecule has 0 saturated carbocycles. The quantitative estimate of drug-likeness (QED) is 0.402. The predicted molar refractivity (Wildman–Crippen MR) is 99.4 cm³/mol. The molecule has 2 aliphatic heterocycles. The van der Waals surface area contributed by atoms with Crippen LogP contribution in [0.2, 0.25) is 0 Å². The third-order valence-corrected chi connectivity index (χ3v) is 5.48. The Labute approximate surface area is 152 Å². The first-order chi connectivity index (χ1) is 12.1. The van der Waals surface area contributed by atoms with Crippen LogP contribution in [-0.4, -0.2) is 34.5 Å². The van der Waals surface area contributed by atoms with Gasteiger partial charge in [-0.1, -0.05) is 50.5 Å². The number of hydrogen-bond acceptors (Lipinski definition) is 3. The Hall–Kier alpha value is -1.13. The van der Waals surface area contributed by atoms with E-state index in [0.29, 0.717) is 30.5 Å². The van der Waals surface area contributed by atoms with E-state index >= 15 is 0 Å². The number of allylic oxidation sites excluding steroid dienone is 2. The molecule has 2 saturated heterocycles. The van der Waals surface area contributed by atoms with E-state index in [-0.39, 0.29) is 12.5 Å². The SMILES string of the molecule is CCCCC[C@@H](O)/C=C/[C@@H]1C2CCC(O2)[C@H]1C/C=C\CCCC(=O)O. The first-order valence-electron chi connectivity index (χ1n) is 10.0. The van der Waals surface area contributed by atoms with Crippen molar-refractivity contribution >= 4 is 5.97 Å². The Bertz CT molecular complexity index is 457. The molecule has 25 heavy (non-hydrogen) atoms. The van der Waals surface area contributed by atoms with E-state index in [2.05, 4.69) is 25.2 Å². The highest BCUT2D eigenvalue weighted by Gasteiger charge is 2.46. The highest BCUT2D eigenvalue weighted by Crippen LogP contribution is 2.45. The maximum atomic E-state index is 10.5. The molecule has 4 nitrogen and oxygen atoms in total. The van der Waals surface area contributed by atoms with Crippen LogP contribution in [0.15, 0.2) is 24.3 Å². The summed E-state index contributed by atoms with van der Waals surface area (Å²) in [6.07, 6.45) is 18.1. The topological polar surface area (TPSA) is 66.8 Å². The molecule has 2 fully saturated rings. The zero-order valence-electron chi connectivity index (χ0n) is 15.5. The Morgan fingerprint density at radius 1 is 1.20 bits per heavy atom. The van der Waals surface area contributed by atoms with Crippen molar-refractivity contribution in [3.63, 3.8) is 0 Å². The summed E-state index contributed by atoms with van der Waals surface area (Å²) in [5.41, 5.74) is 0. The molecule has 2 unspecified atom stereocenters. The first kappa shape index (κ1) is 20.2. The summed E-state index contributed by atoms with van der Waals surface area (Å²) in [7, 11) is 0. The number of aliphatic hydroxyl groups excluding tert-OH is 1. The summed E-state index contributed by atoms with van der Waals surface area (Å²) in [5, 5.41) is 18.8. The van der Waals surface area contributed by atoms with E-state index in [9.17, 15) is 9.90 Å². The molecular formula is C21H34O4. The molecular weight excluding hydrogens is 316 g/mol. The average Bonchev–Trinajstić information content (AvgIpc) is 3.17. The second-order valence-electron chi connectivity index (χ2n) is 7.47. The number of carboxylic acid groups (broad SMARTS) is 1. The van der Waals surface area contributed by atoms with Gasteiger partial charge in [0.25, 0.3) is 0 Å². The van der Waals surface area contributed by atoms with Crippen molar-refractivity contribution in [1.82, 2.24) is 0 Å². The maximum Gasteiger partial charge on any atom is 0.303 e. The van der Waals surface area contributed by atoms with E-state index in [4.69, 9.17) is 9.84 Å². The van der Waals surface area contributed by atoms with E-state index in [1.54, 1.807) is 0 Å². The molecule has 2 N–H and O–H groups in total. The molecule has 0 radical (unpaired) electrons. The van der Waals surface area contributed by atoms with Gasteiger partial charge in [0.05, 0.1) is 18.3 Å². The summed E-state index contributed by atoms with van der Waals surface area (Å²) in [6, 6.07) is 0. The zero-order valence-corrected chi connectivity index (χ0v) is 15.5. The lowest BCUT2D eigenvalue weighted by molar-refractivity contribution is -0.137. The van der Waals surface area contributed by atoms with Gasteiger partial charge in [-0.3, -0.25) is 4.79 Å². The number of carbonyl (C=O) groups is 1. The largest absolute Gasteiger partial charge is 0.481 e. The zero-order chi connectivity index (χ0) is 18.1. The van der Waals surface area contributed by atoms with Crippen LogP contribution in [-0.2, 0) is 9.53 Å². The van der Waals surface area contributed by atoms with Crippen LogP contribution in [0.25, 0.3) is 0 Å². The molecule has 0 aromatic heterocycles. The molecule has 2 bridgehead atoms. The van der Waals surface area contributed by atoms with Crippen molar-refractivity contribution in [3.8, 4) is 0 Å². The monoisotopic (exact) mass is 350 g/mol. The minimum absolute atomic E-state index is 0.239. The molecule has 2 aliphatic rings. The first-order valence-corrected chi connectivity index (χ1v) is 10.0. The van der Waals surface area contributed by atoms with Gasteiger partial charge in [-0.25, -0.2) is 0 Å². The number of rotatable bonds is 12. The van der Waals surface area contributed by atoms with Crippen LogP contribution in [0.4, 0.5) is 0 Å². The molecule has 2 rings (SSSR count). The fourth-order valence-electron chi connectivity index (χ4n) is 4.09. The third-order valence-electron chi connectivity index (χ3n) is 5.48. The van der Waals surface area contributed by atoms with Gasteiger partial charge in [0.15, 0.2) is 0 Å². The van der Waals surface area contributed by atoms with Gasteiger partial charge >= 0.3 is 5.97 Å². The van der Waals surface area contributed by atoms with Gasteiger partial charge in [0.2, 0.25) is 0 Å². The van der Waals surface area contributed by atoms with Crippen molar-refractivity contribution in [3.05, 3.63) is 24.3 Å².